The van der Waals surface area contributed by atoms with Crippen molar-refractivity contribution >= 4 is 77.8 Å². The second-order valence-electron chi connectivity index (χ2n) is 15.6. The van der Waals surface area contributed by atoms with Crippen LogP contribution in [0.2, 0.25) is 0 Å². The third-order valence-corrected chi connectivity index (χ3v) is 16.6. The first kappa shape index (κ1) is 31.4. The molecule has 4 aliphatic rings. The lowest BCUT2D eigenvalue weighted by molar-refractivity contribution is 0.660. The van der Waals surface area contributed by atoms with Gasteiger partial charge in [-0.25, -0.2) is 0 Å². The average molecular weight is 749 g/mol. The quantitative estimate of drug-likeness (QED) is 0.177. The number of hydrogen-bond donors (Lipinski definition) is 0. The van der Waals surface area contributed by atoms with Gasteiger partial charge in [-0.05, 0) is 100 Å². The lowest BCUT2D eigenvalue weighted by atomic mass is 9.82. The molecule has 12 rings (SSSR count). The van der Waals surface area contributed by atoms with E-state index < -0.39 is 0 Å². The van der Waals surface area contributed by atoms with Crippen LogP contribution in [-0.2, 0) is 5.41 Å². The molecule has 2 nitrogen and oxygen atoms in total. The summed E-state index contributed by atoms with van der Waals surface area (Å²) in [4.78, 5) is 8.12. The van der Waals surface area contributed by atoms with Gasteiger partial charge in [-0.3, -0.25) is 0 Å². The van der Waals surface area contributed by atoms with Crippen LogP contribution < -0.4 is 9.80 Å². The van der Waals surface area contributed by atoms with E-state index in [1.54, 1.807) is 0 Å². The summed E-state index contributed by atoms with van der Waals surface area (Å²) in [7, 11) is 0. The summed E-state index contributed by atoms with van der Waals surface area (Å²) in [5.74, 6) is 0. The monoisotopic (exact) mass is 748 g/mol. The van der Waals surface area contributed by atoms with E-state index in [1.165, 1.54) is 86.1 Å². The second-order valence-corrected chi connectivity index (χ2v) is 19.1. The fourth-order valence-electron chi connectivity index (χ4n) is 9.95. The maximum absolute atomic E-state index is 2.76. The van der Waals surface area contributed by atoms with Crippen LogP contribution in [0.15, 0.2) is 168 Å². The molecule has 260 valence electrons. The summed E-state index contributed by atoms with van der Waals surface area (Å²) in [6, 6.07) is 60.3. The first-order valence-corrected chi connectivity index (χ1v) is 21.5. The van der Waals surface area contributed by atoms with E-state index >= 15 is 0 Å². The summed E-state index contributed by atoms with van der Waals surface area (Å²) < 4.78 is 2.64. The third kappa shape index (κ3) is 4.38. The molecule has 3 aliphatic heterocycles. The Labute approximate surface area is 328 Å². The molecule has 4 heterocycles. The minimum Gasteiger partial charge on any atom is -0.355 e. The van der Waals surface area contributed by atoms with Crippen LogP contribution in [-0.4, -0.2) is 10.5 Å². The zero-order valence-electron chi connectivity index (χ0n) is 29.9. The number of benzene rings is 7. The Morgan fingerprint density at radius 1 is 0.500 bits per heavy atom. The molecule has 0 amide bonds. The van der Waals surface area contributed by atoms with E-state index in [0.717, 1.165) is 0 Å². The Hall–Kier alpha value is -4.94. The largest absolute Gasteiger partial charge is 0.355 e. The molecule has 4 unspecified atom stereocenters. The zero-order chi connectivity index (χ0) is 35.7. The van der Waals surface area contributed by atoms with Crippen molar-refractivity contribution < 1.29 is 0 Å². The molecule has 4 atom stereocenters. The van der Waals surface area contributed by atoms with Gasteiger partial charge < -0.3 is 9.80 Å². The SMILES string of the molecule is CC1(C)c2ccccc2-c2ccc(N(c3ccc(N4C5c6ccccc6SC5C5Sc6ccccc6C54)cc3)c3ccc4c(c3)sc3ccccc34)cc21. The summed E-state index contributed by atoms with van der Waals surface area (Å²) in [5.41, 5.74) is 13.2. The number of rotatable bonds is 4. The van der Waals surface area contributed by atoms with Gasteiger partial charge >= 0.3 is 0 Å². The summed E-state index contributed by atoms with van der Waals surface area (Å²) >= 11 is 6.07. The van der Waals surface area contributed by atoms with Gasteiger partial charge in [-0.2, -0.15) is 0 Å². The van der Waals surface area contributed by atoms with Crippen molar-refractivity contribution in [3.8, 4) is 11.1 Å². The highest BCUT2D eigenvalue weighted by molar-refractivity contribution is 8.04. The molecule has 0 bridgehead atoms. The van der Waals surface area contributed by atoms with Gasteiger partial charge in [0.1, 0.15) is 0 Å². The summed E-state index contributed by atoms with van der Waals surface area (Å²) in [6.45, 7) is 4.75. The van der Waals surface area contributed by atoms with Crippen LogP contribution in [0, 0.1) is 0 Å². The van der Waals surface area contributed by atoms with Gasteiger partial charge in [0.2, 0.25) is 0 Å². The Morgan fingerprint density at radius 3 is 1.83 bits per heavy atom. The van der Waals surface area contributed by atoms with Crippen molar-refractivity contribution in [1.82, 2.24) is 0 Å². The van der Waals surface area contributed by atoms with E-state index in [2.05, 4.69) is 205 Å². The lowest BCUT2D eigenvalue weighted by Crippen LogP contribution is -2.27. The number of thiophene rings is 1. The van der Waals surface area contributed by atoms with Crippen molar-refractivity contribution in [1.29, 1.82) is 0 Å². The van der Waals surface area contributed by atoms with Gasteiger partial charge in [-0.15, -0.1) is 34.9 Å². The summed E-state index contributed by atoms with van der Waals surface area (Å²) in [5, 5.41) is 3.67. The molecule has 1 saturated heterocycles. The minimum absolute atomic E-state index is 0.0824. The molecular formula is C49H36N2S3. The number of hydrogen-bond acceptors (Lipinski definition) is 5. The molecule has 0 spiro atoms. The minimum atomic E-state index is -0.0824. The average Bonchev–Trinajstić information content (AvgIpc) is 3.99. The van der Waals surface area contributed by atoms with Crippen LogP contribution in [0.3, 0.4) is 0 Å². The number of anilines is 4. The number of fused-ring (bicyclic) bond motifs is 13. The first-order valence-electron chi connectivity index (χ1n) is 18.9. The van der Waals surface area contributed by atoms with E-state index in [1.807, 2.05) is 11.3 Å². The second kappa shape index (κ2) is 11.5. The Kier molecular flexibility index (Phi) is 6.71. The van der Waals surface area contributed by atoms with Gasteiger partial charge in [0, 0.05) is 68.6 Å². The van der Waals surface area contributed by atoms with Crippen molar-refractivity contribution in [2.75, 3.05) is 9.80 Å². The van der Waals surface area contributed by atoms with E-state index in [0.29, 0.717) is 22.6 Å². The fraction of sp³-hybridized carbons (Fsp3) is 0.143. The van der Waals surface area contributed by atoms with Gasteiger partial charge in [0.05, 0.1) is 12.1 Å². The predicted octanol–water partition coefficient (Wildman–Crippen LogP) is 14.1. The first-order chi connectivity index (χ1) is 26.5. The van der Waals surface area contributed by atoms with Crippen molar-refractivity contribution in [3.05, 3.63) is 180 Å². The smallest absolute Gasteiger partial charge is 0.0694 e. The predicted molar refractivity (Wildman–Crippen MR) is 232 cm³/mol. The summed E-state index contributed by atoms with van der Waals surface area (Å²) in [6.07, 6.45) is 0. The highest BCUT2D eigenvalue weighted by Gasteiger charge is 2.57. The molecular weight excluding hydrogens is 713 g/mol. The van der Waals surface area contributed by atoms with E-state index in [4.69, 9.17) is 0 Å². The zero-order valence-corrected chi connectivity index (χ0v) is 32.4. The van der Waals surface area contributed by atoms with Crippen LogP contribution >= 0.6 is 34.9 Å². The van der Waals surface area contributed by atoms with Crippen molar-refractivity contribution in [3.63, 3.8) is 0 Å². The molecule has 0 saturated carbocycles. The standard InChI is InChI=1S/C49H36N2S3/c1-49(2)39-15-7-3-11-33(39)34-25-23-31(27-40(34)49)50(32-24-26-36-35-12-4-8-16-41(35)52-44(36)28-32)29-19-21-30(22-20-29)51-45-37-13-5-9-17-42(37)53-47(45)48-46(51)38-14-6-10-18-43(38)54-48/h3-28,45-48H,1-2H3. The van der Waals surface area contributed by atoms with Crippen LogP contribution in [0.5, 0.6) is 0 Å². The maximum Gasteiger partial charge on any atom is 0.0694 e. The molecule has 1 aliphatic carbocycles. The normalized spacial score (nSPS) is 21.1. The molecule has 1 fully saturated rings. The molecule has 8 aromatic rings. The molecule has 7 aromatic carbocycles. The Morgan fingerprint density at radius 2 is 1.07 bits per heavy atom. The third-order valence-electron chi connectivity index (χ3n) is 12.4. The van der Waals surface area contributed by atoms with Crippen LogP contribution in [0.4, 0.5) is 22.7 Å². The van der Waals surface area contributed by atoms with Gasteiger partial charge in [0.15, 0.2) is 0 Å². The Bertz CT molecular complexity index is 2760. The highest BCUT2D eigenvalue weighted by atomic mass is 32.2. The van der Waals surface area contributed by atoms with E-state index in [-0.39, 0.29) is 5.41 Å². The lowest BCUT2D eigenvalue weighted by Gasteiger charge is -2.33. The van der Waals surface area contributed by atoms with Gasteiger partial charge in [-0.1, -0.05) is 105 Å². The van der Waals surface area contributed by atoms with Crippen molar-refractivity contribution in [2.24, 2.45) is 0 Å². The molecule has 5 heteroatoms. The van der Waals surface area contributed by atoms with Crippen LogP contribution in [0.1, 0.15) is 48.2 Å². The topological polar surface area (TPSA) is 6.48 Å². The fourth-order valence-corrected chi connectivity index (χ4v) is 14.4. The van der Waals surface area contributed by atoms with Crippen LogP contribution in [0.25, 0.3) is 31.3 Å². The highest BCUT2D eigenvalue weighted by Crippen LogP contribution is 2.66. The Balaban J connectivity index is 1.00. The maximum atomic E-state index is 2.76. The van der Waals surface area contributed by atoms with Crippen molar-refractivity contribution in [2.45, 2.75) is 51.6 Å². The van der Waals surface area contributed by atoms with Gasteiger partial charge in [0.25, 0.3) is 0 Å². The molecule has 0 radical (unpaired) electrons. The number of thioether (sulfide) groups is 2. The molecule has 54 heavy (non-hydrogen) atoms. The number of nitrogens with zero attached hydrogens (tertiary/aromatic N) is 2. The molecule has 0 N–H and O–H groups in total. The molecule has 1 aromatic heterocycles. The van der Waals surface area contributed by atoms with E-state index in [9.17, 15) is 0 Å².